The third-order valence-corrected chi connectivity index (χ3v) is 6.98. The van der Waals surface area contributed by atoms with Gasteiger partial charge in [0.05, 0.1) is 17.8 Å². The van der Waals surface area contributed by atoms with Gasteiger partial charge in [0.1, 0.15) is 0 Å². The Bertz CT molecular complexity index is 1040. The lowest BCUT2D eigenvalue weighted by Gasteiger charge is -2.28. The van der Waals surface area contributed by atoms with Gasteiger partial charge in [0, 0.05) is 29.3 Å². The fourth-order valence-corrected chi connectivity index (χ4v) is 5.71. The highest BCUT2D eigenvalue weighted by atomic mass is 32.1. The molecule has 1 aliphatic carbocycles. The Morgan fingerprint density at radius 2 is 1.73 bits per heavy atom. The van der Waals surface area contributed by atoms with E-state index in [2.05, 4.69) is 76.1 Å². The molecule has 2 fully saturated rings. The minimum Gasteiger partial charge on any atom is -0.351 e. The molecule has 2 aliphatic rings. The largest absolute Gasteiger partial charge is 0.351 e. The lowest BCUT2D eigenvalue weighted by atomic mass is 9.96. The molecule has 2 atom stereocenters. The third kappa shape index (κ3) is 3.21. The predicted octanol–water partition coefficient (Wildman–Crippen LogP) is 5.79. The molecule has 3 aromatic rings. The zero-order chi connectivity index (χ0) is 20.7. The quantitative estimate of drug-likeness (QED) is 0.546. The molecule has 1 aliphatic heterocycles. The SMILES string of the molecule is Cc1cc([C@@H]2[C@@H](c3ccccn3)NC(=S)N2c2ccccc2)c(C)n1C1CCCC1. The number of pyridine rings is 1. The van der Waals surface area contributed by atoms with Crippen molar-refractivity contribution in [1.82, 2.24) is 14.9 Å². The highest BCUT2D eigenvalue weighted by Gasteiger charge is 2.42. The first-order chi connectivity index (χ1) is 14.6. The zero-order valence-electron chi connectivity index (χ0n) is 17.6. The summed E-state index contributed by atoms with van der Waals surface area (Å²) in [6.07, 6.45) is 7.09. The van der Waals surface area contributed by atoms with Crippen LogP contribution in [-0.4, -0.2) is 14.7 Å². The van der Waals surface area contributed by atoms with Crippen LogP contribution in [0.1, 0.15) is 66.5 Å². The molecule has 1 N–H and O–H groups in total. The average Bonchev–Trinajstić information content (AvgIpc) is 3.47. The van der Waals surface area contributed by atoms with Crippen LogP contribution in [0.15, 0.2) is 60.8 Å². The second-order valence-corrected chi connectivity index (χ2v) is 8.85. The Morgan fingerprint density at radius 1 is 1.00 bits per heavy atom. The van der Waals surface area contributed by atoms with Crippen molar-refractivity contribution in [2.45, 2.75) is 57.7 Å². The number of aryl methyl sites for hydroxylation is 1. The van der Waals surface area contributed by atoms with Crippen LogP contribution < -0.4 is 10.2 Å². The molecule has 0 spiro atoms. The fraction of sp³-hybridized carbons (Fsp3) is 0.360. The van der Waals surface area contributed by atoms with Crippen molar-refractivity contribution in [1.29, 1.82) is 0 Å². The van der Waals surface area contributed by atoms with Crippen molar-refractivity contribution in [3.63, 3.8) is 0 Å². The van der Waals surface area contributed by atoms with Crippen molar-refractivity contribution in [2.24, 2.45) is 0 Å². The maximum atomic E-state index is 5.85. The molecule has 5 heteroatoms. The van der Waals surface area contributed by atoms with Gasteiger partial charge in [-0.25, -0.2) is 0 Å². The summed E-state index contributed by atoms with van der Waals surface area (Å²) in [6.45, 7) is 4.53. The Balaban J connectivity index is 1.64. The van der Waals surface area contributed by atoms with Crippen molar-refractivity contribution >= 4 is 23.0 Å². The van der Waals surface area contributed by atoms with Crippen molar-refractivity contribution in [3.8, 4) is 0 Å². The van der Waals surface area contributed by atoms with Gasteiger partial charge in [0.2, 0.25) is 0 Å². The summed E-state index contributed by atoms with van der Waals surface area (Å²) in [7, 11) is 0. The molecule has 0 radical (unpaired) electrons. The van der Waals surface area contributed by atoms with Crippen LogP contribution in [0.2, 0.25) is 0 Å². The van der Waals surface area contributed by atoms with Crippen molar-refractivity contribution in [2.75, 3.05) is 4.90 Å². The molecule has 5 rings (SSSR count). The topological polar surface area (TPSA) is 33.1 Å². The molecule has 154 valence electrons. The Hall–Kier alpha value is -2.66. The number of benzene rings is 1. The Kier molecular flexibility index (Phi) is 5.07. The molecule has 1 saturated heterocycles. The molecule has 2 aromatic heterocycles. The van der Waals surface area contributed by atoms with E-state index in [4.69, 9.17) is 12.2 Å². The standard InChI is InChI=1S/C25H28N4S/c1-17-16-21(18(2)28(17)19-12-6-7-13-19)24-23(22-14-8-9-15-26-22)27-25(30)29(24)20-10-4-3-5-11-20/h3-5,8-11,14-16,19,23-24H,6-7,12-13H2,1-2H3,(H,27,30)/t23-,24-/m1/s1. The number of nitrogens with one attached hydrogen (secondary N) is 1. The first-order valence-corrected chi connectivity index (χ1v) is 11.3. The van der Waals surface area contributed by atoms with Crippen LogP contribution in [0.3, 0.4) is 0 Å². The number of rotatable bonds is 4. The van der Waals surface area contributed by atoms with E-state index in [-0.39, 0.29) is 12.1 Å². The van der Waals surface area contributed by atoms with E-state index >= 15 is 0 Å². The van der Waals surface area contributed by atoms with Gasteiger partial charge in [0.25, 0.3) is 0 Å². The van der Waals surface area contributed by atoms with Gasteiger partial charge >= 0.3 is 0 Å². The summed E-state index contributed by atoms with van der Waals surface area (Å²) in [5, 5.41) is 4.34. The summed E-state index contributed by atoms with van der Waals surface area (Å²) >= 11 is 5.85. The minimum absolute atomic E-state index is 0.0106. The molecule has 0 bridgehead atoms. The number of para-hydroxylation sites is 1. The maximum absolute atomic E-state index is 5.85. The summed E-state index contributed by atoms with van der Waals surface area (Å²) in [5.41, 5.74) is 6.18. The van der Waals surface area contributed by atoms with Crippen molar-refractivity contribution in [3.05, 3.63) is 83.4 Å². The summed E-state index contributed by atoms with van der Waals surface area (Å²) in [6, 6.07) is 19.7. The smallest absolute Gasteiger partial charge is 0.174 e. The third-order valence-electron chi connectivity index (χ3n) is 6.66. The van der Waals surface area contributed by atoms with E-state index in [1.165, 1.54) is 42.6 Å². The van der Waals surface area contributed by atoms with E-state index in [9.17, 15) is 0 Å². The normalized spacial score (nSPS) is 21.9. The van der Waals surface area contributed by atoms with E-state index in [1.54, 1.807) is 0 Å². The van der Waals surface area contributed by atoms with Crippen molar-refractivity contribution < 1.29 is 0 Å². The fourth-order valence-electron chi connectivity index (χ4n) is 5.36. The number of aromatic nitrogens is 2. The Morgan fingerprint density at radius 3 is 2.43 bits per heavy atom. The van der Waals surface area contributed by atoms with Gasteiger partial charge in [0.15, 0.2) is 5.11 Å². The van der Waals surface area contributed by atoms with Crippen LogP contribution in [-0.2, 0) is 0 Å². The highest BCUT2D eigenvalue weighted by molar-refractivity contribution is 7.80. The lowest BCUT2D eigenvalue weighted by Crippen LogP contribution is -2.29. The van der Waals surface area contributed by atoms with Gasteiger partial charge in [-0.3, -0.25) is 4.98 Å². The van der Waals surface area contributed by atoms with Crippen LogP contribution >= 0.6 is 12.2 Å². The molecular weight excluding hydrogens is 388 g/mol. The average molecular weight is 417 g/mol. The zero-order valence-corrected chi connectivity index (χ0v) is 18.4. The highest BCUT2D eigenvalue weighted by Crippen LogP contribution is 2.44. The van der Waals surface area contributed by atoms with E-state index in [1.807, 2.05) is 18.3 Å². The maximum Gasteiger partial charge on any atom is 0.174 e. The number of nitrogens with zero attached hydrogens (tertiary/aromatic N) is 3. The molecule has 1 saturated carbocycles. The monoisotopic (exact) mass is 416 g/mol. The molecule has 1 aromatic carbocycles. The summed E-state index contributed by atoms with van der Waals surface area (Å²) < 4.78 is 2.57. The molecular formula is C25H28N4S. The number of hydrogen-bond acceptors (Lipinski definition) is 2. The number of hydrogen-bond donors (Lipinski definition) is 1. The van der Waals surface area contributed by atoms with Gasteiger partial charge in [-0.15, -0.1) is 0 Å². The molecule has 30 heavy (non-hydrogen) atoms. The minimum atomic E-state index is 0.0106. The van der Waals surface area contributed by atoms with Crippen LogP contribution in [0, 0.1) is 13.8 Å². The van der Waals surface area contributed by atoms with Gasteiger partial charge < -0.3 is 14.8 Å². The van der Waals surface area contributed by atoms with Gasteiger partial charge in [-0.2, -0.15) is 0 Å². The first-order valence-electron chi connectivity index (χ1n) is 10.9. The number of anilines is 1. The van der Waals surface area contributed by atoms with Gasteiger partial charge in [-0.05, 0) is 74.8 Å². The number of thiocarbonyl (C=S) groups is 1. The lowest BCUT2D eigenvalue weighted by molar-refractivity contribution is 0.494. The van der Waals surface area contributed by atoms with Crippen LogP contribution in [0.5, 0.6) is 0 Å². The molecule has 3 heterocycles. The van der Waals surface area contributed by atoms with Gasteiger partial charge in [-0.1, -0.05) is 37.1 Å². The summed E-state index contributed by atoms with van der Waals surface area (Å²) in [5.74, 6) is 0. The molecule has 4 nitrogen and oxygen atoms in total. The molecule has 0 amide bonds. The Labute approximate surface area is 183 Å². The predicted molar refractivity (Wildman–Crippen MR) is 126 cm³/mol. The molecule has 0 unspecified atom stereocenters. The summed E-state index contributed by atoms with van der Waals surface area (Å²) in [4.78, 5) is 6.95. The van der Waals surface area contributed by atoms with E-state index in [0.29, 0.717) is 6.04 Å². The first kappa shape index (κ1) is 19.3. The van der Waals surface area contributed by atoms with E-state index in [0.717, 1.165) is 16.5 Å². The second-order valence-electron chi connectivity index (χ2n) is 8.47. The van der Waals surface area contributed by atoms with Crippen LogP contribution in [0.4, 0.5) is 5.69 Å². The second kappa shape index (κ2) is 7.88. The van der Waals surface area contributed by atoms with E-state index < -0.39 is 0 Å². The van der Waals surface area contributed by atoms with Crippen LogP contribution in [0.25, 0.3) is 0 Å².